The zero-order chi connectivity index (χ0) is 10.3. The molecular weight excluding hydrogens is 178 g/mol. The summed E-state index contributed by atoms with van der Waals surface area (Å²) in [5.41, 5.74) is 1.96. The summed E-state index contributed by atoms with van der Waals surface area (Å²) in [6.07, 6.45) is -0.866. The van der Waals surface area contributed by atoms with Gasteiger partial charge in [-0.3, -0.25) is 4.90 Å². The van der Waals surface area contributed by atoms with Gasteiger partial charge in [-0.1, -0.05) is 25.1 Å². The SMILES string of the molecule is CC1c2ccccc2N(C(=O)O)C1C. The first-order chi connectivity index (χ1) is 6.63. The van der Waals surface area contributed by atoms with Crippen molar-refractivity contribution in [1.82, 2.24) is 0 Å². The third-order valence-corrected chi connectivity index (χ3v) is 3.02. The van der Waals surface area contributed by atoms with Crippen LogP contribution in [0.4, 0.5) is 10.5 Å². The van der Waals surface area contributed by atoms with E-state index < -0.39 is 6.09 Å². The molecule has 0 aliphatic carbocycles. The van der Waals surface area contributed by atoms with Gasteiger partial charge in [-0.05, 0) is 18.6 Å². The number of hydrogen-bond acceptors (Lipinski definition) is 1. The van der Waals surface area contributed by atoms with Crippen LogP contribution < -0.4 is 4.90 Å². The topological polar surface area (TPSA) is 40.5 Å². The van der Waals surface area contributed by atoms with Crippen LogP contribution in [0.3, 0.4) is 0 Å². The highest BCUT2D eigenvalue weighted by Crippen LogP contribution is 2.40. The van der Waals surface area contributed by atoms with Crippen molar-refractivity contribution in [1.29, 1.82) is 0 Å². The highest BCUT2D eigenvalue weighted by molar-refractivity contribution is 5.90. The van der Waals surface area contributed by atoms with Crippen LogP contribution >= 0.6 is 0 Å². The Morgan fingerprint density at radius 2 is 2.00 bits per heavy atom. The summed E-state index contributed by atoms with van der Waals surface area (Å²) in [6.45, 7) is 4.01. The number of fused-ring (bicyclic) bond motifs is 1. The molecule has 0 spiro atoms. The van der Waals surface area contributed by atoms with E-state index in [1.54, 1.807) is 0 Å². The Morgan fingerprint density at radius 1 is 1.36 bits per heavy atom. The quantitative estimate of drug-likeness (QED) is 0.684. The lowest BCUT2D eigenvalue weighted by atomic mass is 9.99. The van der Waals surface area contributed by atoms with E-state index in [0.717, 1.165) is 11.3 Å². The van der Waals surface area contributed by atoms with E-state index in [1.807, 2.05) is 31.2 Å². The Bertz CT molecular complexity index is 375. The van der Waals surface area contributed by atoms with Gasteiger partial charge >= 0.3 is 6.09 Å². The van der Waals surface area contributed by atoms with Crippen LogP contribution in [-0.2, 0) is 0 Å². The van der Waals surface area contributed by atoms with Crippen molar-refractivity contribution in [2.24, 2.45) is 0 Å². The lowest BCUT2D eigenvalue weighted by Crippen LogP contribution is -2.35. The van der Waals surface area contributed by atoms with Crippen molar-refractivity contribution in [3.63, 3.8) is 0 Å². The largest absolute Gasteiger partial charge is 0.465 e. The molecule has 0 bridgehead atoms. The first-order valence-electron chi connectivity index (χ1n) is 4.74. The predicted octanol–water partition coefficient (Wildman–Crippen LogP) is 2.68. The second-order valence-corrected chi connectivity index (χ2v) is 3.74. The Kier molecular flexibility index (Phi) is 1.95. The molecule has 0 saturated heterocycles. The minimum atomic E-state index is -0.866. The second-order valence-electron chi connectivity index (χ2n) is 3.74. The molecule has 1 N–H and O–H groups in total. The van der Waals surface area contributed by atoms with E-state index in [1.165, 1.54) is 4.90 Å². The van der Waals surface area contributed by atoms with Gasteiger partial charge in [0.1, 0.15) is 0 Å². The van der Waals surface area contributed by atoms with Gasteiger partial charge in [-0.15, -0.1) is 0 Å². The fraction of sp³-hybridized carbons (Fsp3) is 0.364. The summed E-state index contributed by atoms with van der Waals surface area (Å²) in [5.74, 6) is 0.280. The van der Waals surface area contributed by atoms with Crippen LogP contribution in [0.15, 0.2) is 24.3 Å². The molecule has 74 valence electrons. The average molecular weight is 191 g/mol. The molecule has 1 aliphatic heterocycles. The number of para-hydroxylation sites is 1. The minimum absolute atomic E-state index is 0.0323. The molecule has 1 aliphatic rings. The Balaban J connectivity index is 2.53. The monoisotopic (exact) mass is 191 g/mol. The fourth-order valence-electron chi connectivity index (χ4n) is 2.07. The maximum atomic E-state index is 11.0. The Hall–Kier alpha value is -1.51. The van der Waals surface area contributed by atoms with Crippen molar-refractivity contribution in [3.8, 4) is 0 Å². The van der Waals surface area contributed by atoms with E-state index in [0.29, 0.717) is 0 Å². The smallest absolute Gasteiger partial charge is 0.412 e. The minimum Gasteiger partial charge on any atom is -0.465 e. The summed E-state index contributed by atoms with van der Waals surface area (Å²) in [7, 11) is 0. The third kappa shape index (κ3) is 1.09. The van der Waals surface area contributed by atoms with Crippen LogP contribution in [0.1, 0.15) is 25.3 Å². The lowest BCUT2D eigenvalue weighted by Gasteiger charge is -2.20. The summed E-state index contributed by atoms with van der Waals surface area (Å²) >= 11 is 0. The van der Waals surface area contributed by atoms with E-state index in [9.17, 15) is 4.79 Å². The van der Waals surface area contributed by atoms with E-state index in [2.05, 4.69) is 6.92 Å². The van der Waals surface area contributed by atoms with E-state index in [-0.39, 0.29) is 12.0 Å². The molecule has 0 saturated carbocycles. The highest BCUT2D eigenvalue weighted by atomic mass is 16.4. The van der Waals surface area contributed by atoms with Gasteiger partial charge < -0.3 is 5.11 Å². The van der Waals surface area contributed by atoms with Gasteiger partial charge in [0.2, 0.25) is 0 Å². The molecule has 1 heterocycles. The number of hydrogen-bond donors (Lipinski definition) is 1. The van der Waals surface area contributed by atoms with Gasteiger partial charge in [0.15, 0.2) is 0 Å². The molecule has 2 atom stereocenters. The first-order valence-corrected chi connectivity index (χ1v) is 4.74. The van der Waals surface area contributed by atoms with Crippen molar-refractivity contribution in [2.45, 2.75) is 25.8 Å². The number of rotatable bonds is 0. The predicted molar refractivity (Wildman–Crippen MR) is 54.8 cm³/mol. The number of amides is 1. The average Bonchev–Trinajstić information content (AvgIpc) is 2.41. The summed E-state index contributed by atoms with van der Waals surface area (Å²) in [6, 6.07) is 7.72. The summed E-state index contributed by atoms with van der Waals surface area (Å²) < 4.78 is 0. The number of carboxylic acid groups (broad SMARTS) is 1. The molecule has 1 aromatic rings. The molecule has 0 fully saturated rings. The number of anilines is 1. The van der Waals surface area contributed by atoms with Crippen LogP contribution in [0.5, 0.6) is 0 Å². The summed E-state index contributed by atoms with van der Waals surface area (Å²) in [5, 5.41) is 9.07. The highest BCUT2D eigenvalue weighted by Gasteiger charge is 2.35. The third-order valence-electron chi connectivity index (χ3n) is 3.02. The molecule has 3 nitrogen and oxygen atoms in total. The zero-order valence-corrected chi connectivity index (χ0v) is 8.27. The molecule has 1 amide bonds. The van der Waals surface area contributed by atoms with E-state index >= 15 is 0 Å². The van der Waals surface area contributed by atoms with Gasteiger partial charge in [0.05, 0.1) is 5.69 Å². The van der Waals surface area contributed by atoms with Gasteiger partial charge in [0, 0.05) is 12.0 Å². The molecule has 3 heteroatoms. The zero-order valence-electron chi connectivity index (χ0n) is 8.27. The number of nitrogens with zero attached hydrogens (tertiary/aromatic N) is 1. The van der Waals surface area contributed by atoms with Gasteiger partial charge in [-0.25, -0.2) is 4.79 Å². The second kappa shape index (κ2) is 3.01. The standard InChI is InChI=1S/C11H13NO2/c1-7-8(2)12(11(13)14)10-6-4-3-5-9(7)10/h3-8H,1-2H3,(H,13,14). The van der Waals surface area contributed by atoms with Crippen molar-refractivity contribution >= 4 is 11.8 Å². The Morgan fingerprint density at radius 3 is 2.64 bits per heavy atom. The van der Waals surface area contributed by atoms with E-state index in [4.69, 9.17) is 5.11 Å². The van der Waals surface area contributed by atoms with Crippen LogP contribution in [-0.4, -0.2) is 17.2 Å². The molecule has 2 rings (SSSR count). The van der Waals surface area contributed by atoms with Crippen molar-refractivity contribution in [3.05, 3.63) is 29.8 Å². The normalized spacial score (nSPS) is 24.9. The molecule has 1 aromatic carbocycles. The number of benzene rings is 1. The first kappa shape index (κ1) is 9.06. The lowest BCUT2D eigenvalue weighted by molar-refractivity contribution is 0.199. The molecule has 14 heavy (non-hydrogen) atoms. The van der Waals surface area contributed by atoms with Crippen molar-refractivity contribution < 1.29 is 9.90 Å². The molecular formula is C11H13NO2. The molecule has 0 aromatic heterocycles. The van der Waals surface area contributed by atoms with Gasteiger partial charge in [0.25, 0.3) is 0 Å². The van der Waals surface area contributed by atoms with Crippen molar-refractivity contribution in [2.75, 3.05) is 4.90 Å². The van der Waals surface area contributed by atoms with Crippen LogP contribution in [0.25, 0.3) is 0 Å². The molecule has 2 unspecified atom stereocenters. The van der Waals surface area contributed by atoms with Crippen LogP contribution in [0.2, 0.25) is 0 Å². The fourth-order valence-corrected chi connectivity index (χ4v) is 2.07. The Labute approximate surface area is 83.0 Å². The van der Waals surface area contributed by atoms with Crippen LogP contribution in [0, 0.1) is 0 Å². The number of carbonyl (C=O) groups is 1. The molecule has 0 radical (unpaired) electrons. The van der Waals surface area contributed by atoms with Gasteiger partial charge in [-0.2, -0.15) is 0 Å². The summed E-state index contributed by atoms with van der Waals surface area (Å²) in [4.78, 5) is 12.5. The maximum Gasteiger partial charge on any atom is 0.412 e. The maximum absolute atomic E-state index is 11.0.